The number of hydrogen-bond acceptors (Lipinski definition) is 5. The van der Waals surface area contributed by atoms with Crippen molar-refractivity contribution in [2.75, 3.05) is 7.05 Å². The highest BCUT2D eigenvalue weighted by molar-refractivity contribution is 7.90. The van der Waals surface area contributed by atoms with Crippen molar-refractivity contribution in [2.24, 2.45) is 5.14 Å². The molecule has 1 aromatic carbocycles. The normalized spacial score (nSPS) is 12.2. The first-order chi connectivity index (χ1) is 9.51. The van der Waals surface area contributed by atoms with Gasteiger partial charge in [0.1, 0.15) is 4.90 Å². The van der Waals surface area contributed by atoms with Gasteiger partial charge in [0, 0.05) is 13.5 Å². The maximum Gasteiger partial charge on any atom is 0.266 e. The lowest BCUT2D eigenvalue weighted by Gasteiger charge is -2.17. The van der Waals surface area contributed by atoms with E-state index >= 15 is 0 Å². The van der Waals surface area contributed by atoms with Crippen molar-refractivity contribution in [1.29, 1.82) is 0 Å². The summed E-state index contributed by atoms with van der Waals surface area (Å²) in [6.07, 6.45) is 0.549. The lowest BCUT2D eigenvalue weighted by Crippen LogP contribution is -2.33. The van der Waals surface area contributed by atoms with Gasteiger partial charge in [-0.15, -0.1) is 0 Å². The van der Waals surface area contributed by atoms with Crippen LogP contribution in [0.3, 0.4) is 0 Å². The average Bonchev–Trinajstić information content (AvgIpc) is 2.36. The Morgan fingerprint density at radius 3 is 2.33 bits per heavy atom. The monoisotopic (exact) mass is 354 g/mol. The third-order valence-corrected chi connectivity index (χ3v) is 5.85. The summed E-state index contributed by atoms with van der Waals surface area (Å²) >= 11 is 5.69. The number of halogens is 1. The van der Waals surface area contributed by atoms with Gasteiger partial charge in [0.05, 0.1) is 9.92 Å². The molecule has 10 heteroatoms. The number of benzene rings is 1. The number of nitrogens with two attached hydrogens (primary N) is 1. The van der Waals surface area contributed by atoms with Crippen LogP contribution in [-0.4, -0.2) is 34.1 Å². The van der Waals surface area contributed by atoms with E-state index in [2.05, 4.69) is 0 Å². The molecule has 0 saturated heterocycles. The van der Waals surface area contributed by atoms with Crippen LogP contribution in [0, 0.1) is 0 Å². The Morgan fingerprint density at radius 1 is 1.29 bits per heavy atom. The fourth-order valence-corrected chi connectivity index (χ4v) is 3.85. The van der Waals surface area contributed by atoms with Crippen molar-refractivity contribution in [3.05, 3.63) is 23.2 Å². The van der Waals surface area contributed by atoms with Crippen LogP contribution in [0.25, 0.3) is 0 Å². The van der Waals surface area contributed by atoms with Gasteiger partial charge >= 0.3 is 0 Å². The Kier molecular flexibility index (Phi) is 5.37. The first-order valence-corrected chi connectivity index (χ1v) is 9.22. The lowest BCUT2D eigenvalue weighted by atomic mass is 10.3. The number of hydrogen-bond donors (Lipinski definition) is 1. The molecular weight excluding hydrogens is 340 g/mol. The van der Waals surface area contributed by atoms with Crippen LogP contribution >= 0.6 is 11.6 Å². The molecule has 1 aromatic rings. The summed E-state index contributed by atoms with van der Waals surface area (Å²) in [5, 5.41) is 4.77. The van der Waals surface area contributed by atoms with Gasteiger partial charge in [0.25, 0.3) is 10.0 Å². The van der Waals surface area contributed by atoms with Crippen LogP contribution in [0.4, 0.5) is 0 Å². The standard InChI is InChI=1S/C11H15ClN2O5S2/c1-3-4-11(15)14(2)21(18,19)8-5-6-9(12)10(7-8)20(13,16)17/h5-7H,3-4H2,1-2H3,(H2,13,16,17). The molecular formula is C11H15ClN2O5S2. The summed E-state index contributed by atoms with van der Waals surface area (Å²) in [6.45, 7) is 1.74. The molecule has 118 valence electrons. The minimum atomic E-state index is -4.17. The van der Waals surface area contributed by atoms with E-state index in [4.69, 9.17) is 16.7 Å². The number of sulfonamides is 2. The largest absolute Gasteiger partial charge is 0.274 e. The molecule has 0 heterocycles. The van der Waals surface area contributed by atoms with Gasteiger partial charge in [-0.1, -0.05) is 18.5 Å². The highest BCUT2D eigenvalue weighted by Gasteiger charge is 2.27. The van der Waals surface area contributed by atoms with E-state index in [0.29, 0.717) is 10.7 Å². The second-order valence-electron chi connectivity index (χ2n) is 4.25. The average molecular weight is 355 g/mol. The second kappa shape index (κ2) is 6.30. The van der Waals surface area contributed by atoms with E-state index in [0.717, 1.165) is 25.2 Å². The first kappa shape index (κ1) is 17.9. The van der Waals surface area contributed by atoms with E-state index in [1.54, 1.807) is 6.92 Å². The van der Waals surface area contributed by atoms with Gasteiger partial charge in [-0.25, -0.2) is 26.3 Å². The van der Waals surface area contributed by atoms with Gasteiger partial charge in [-0.2, -0.15) is 0 Å². The first-order valence-electron chi connectivity index (χ1n) is 5.86. The molecule has 0 aliphatic rings. The smallest absolute Gasteiger partial charge is 0.266 e. The minimum absolute atomic E-state index is 0.0609. The van der Waals surface area contributed by atoms with Crippen LogP contribution in [0.15, 0.2) is 28.0 Å². The molecule has 0 aliphatic heterocycles. The predicted octanol–water partition coefficient (Wildman–Crippen LogP) is 0.935. The van der Waals surface area contributed by atoms with Crippen LogP contribution in [0.1, 0.15) is 19.8 Å². The van der Waals surface area contributed by atoms with Gasteiger partial charge in [0.2, 0.25) is 15.9 Å². The number of carbonyl (C=O) groups is 1. The molecule has 21 heavy (non-hydrogen) atoms. The number of primary sulfonamides is 1. The molecule has 0 aromatic heterocycles. The molecule has 0 atom stereocenters. The Morgan fingerprint density at radius 2 is 1.86 bits per heavy atom. The van der Waals surface area contributed by atoms with E-state index in [1.165, 1.54) is 0 Å². The van der Waals surface area contributed by atoms with E-state index in [1.807, 2.05) is 0 Å². The zero-order valence-corrected chi connectivity index (χ0v) is 13.8. The predicted molar refractivity (Wildman–Crippen MR) is 77.7 cm³/mol. The molecule has 1 rings (SSSR count). The van der Waals surface area contributed by atoms with E-state index in [-0.39, 0.29) is 16.3 Å². The molecule has 1 amide bonds. The molecule has 0 radical (unpaired) electrons. The fraction of sp³-hybridized carbons (Fsp3) is 0.364. The molecule has 2 N–H and O–H groups in total. The highest BCUT2D eigenvalue weighted by Crippen LogP contribution is 2.25. The quantitative estimate of drug-likeness (QED) is 0.844. The third-order valence-electron chi connectivity index (χ3n) is 2.68. The Hall–Kier alpha value is -1.16. The zero-order chi connectivity index (χ0) is 16.4. The van der Waals surface area contributed by atoms with E-state index in [9.17, 15) is 21.6 Å². The molecule has 0 saturated carbocycles. The van der Waals surface area contributed by atoms with Crippen LogP contribution < -0.4 is 5.14 Å². The Labute approximate surface area is 128 Å². The molecule has 0 bridgehead atoms. The summed E-state index contributed by atoms with van der Waals surface area (Å²) in [7, 11) is -7.22. The summed E-state index contributed by atoms with van der Waals surface area (Å²) in [6, 6.07) is 3.05. The van der Waals surface area contributed by atoms with Gasteiger partial charge in [-0.05, 0) is 24.6 Å². The van der Waals surface area contributed by atoms with E-state index < -0.39 is 30.8 Å². The topological polar surface area (TPSA) is 115 Å². The number of carbonyl (C=O) groups excluding carboxylic acids is 1. The van der Waals surface area contributed by atoms with Crippen molar-refractivity contribution < 1.29 is 21.6 Å². The maximum absolute atomic E-state index is 12.3. The highest BCUT2D eigenvalue weighted by atomic mass is 35.5. The van der Waals surface area contributed by atoms with Crippen LogP contribution in [0.5, 0.6) is 0 Å². The Bertz CT molecular complexity index is 759. The summed E-state index contributed by atoms with van der Waals surface area (Å²) < 4.78 is 47.8. The van der Waals surface area contributed by atoms with Crippen molar-refractivity contribution in [2.45, 2.75) is 29.6 Å². The van der Waals surface area contributed by atoms with Crippen molar-refractivity contribution in [3.8, 4) is 0 Å². The second-order valence-corrected chi connectivity index (χ2v) is 8.16. The SMILES string of the molecule is CCCC(=O)N(C)S(=O)(=O)c1ccc(Cl)c(S(N)(=O)=O)c1. The molecule has 0 unspecified atom stereocenters. The van der Waals surface area contributed by atoms with Crippen molar-refractivity contribution in [1.82, 2.24) is 4.31 Å². The number of amides is 1. The lowest BCUT2D eigenvalue weighted by molar-refractivity contribution is -0.125. The number of rotatable bonds is 5. The summed E-state index contributed by atoms with van der Waals surface area (Å²) in [5.74, 6) is -0.593. The summed E-state index contributed by atoms with van der Waals surface area (Å²) in [5.41, 5.74) is 0. The van der Waals surface area contributed by atoms with Crippen molar-refractivity contribution >= 4 is 37.6 Å². The van der Waals surface area contributed by atoms with Crippen LogP contribution in [-0.2, 0) is 24.8 Å². The zero-order valence-electron chi connectivity index (χ0n) is 11.4. The number of nitrogens with zero attached hydrogens (tertiary/aromatic N) is 1. The third kappa shape index (κ3) is 3.94. The summed E-state index contributed by atoms with van der Waals surface area (Å²) in [4.78, 5) is 10.8. The molecule has 0 fully saturated rings. The maximum atomic E-state index is 12.3. The minimum Gasteiger partial charge on any atom is -0.274 e. The van der Waals surface area contributed by atoms with Crippen molar-refractivity contribution in [3.63, 3.8) is 0 Å². The van der Waals surface area contributed by atoms with Crippen LogP contribution in [0.2, 0.25) is 5.02 Å². The molecule has 0 aliphatic carbocycles. The molecule has 7 nitrogen and oxygen atoms in total. The fourth-order valence-electron chi connectivity index (χ4n) is 1.53. The molecule has 0 spiro atoms. The van der Waals surface area contributed by atoms with Gasteiger partial charge < -0.3 is 0 Å². The van der Waals surface area contributed by atoms with Gasteiger partial charge in [0.15, 0.2) is 0 Å². The van der Waals surface area contributed by atoms with Gasteiger partial charge in [-0.3, -0.25) is 4.79 Å². The Balaban J connectivity index is 3.37.